The van der Waals surface area contributed by atoms with Crippen LogP contribution in [0, 0.1) is 0 Å². The summed E-state index contributed by atoms with van der Waals surface area (Å²) in [5, 5.41) is 7.57. The van der Waals surface area contributed by atoms with Gasteiger partial charge >= 0.3 is 0 Å². The number of rotatable bonds is 3. The highest BCUT2D eigenvalue weighted by Crippen LogP contribution is 1.74. The Hall–Kier alpha value is -1.29. The van der Waals surface area contributed by atoms with Crippen molar-refractivity contribution in [1.29, 1.82) is 0 Å². The van der Waals surface area contributed by atoms with Crippen molar-refractivity contribution in [3.63, 3.8) is 0 Å². The van der Waals surface area contributed by atoms with Gasteiger partial charge in [-0.2, -0.15) is 0 Å². The number of carbonyl (C=O) groups excluding carboxylic acids is 3. The molecule has 0 aromatic heterocycles. The third-order valence-electron chi connectivity index (χ3n) is 0.678. The maximum atomic E-state index is 9.40. The molecule has 0 atom stereocenters. The van der Waals surface area contributed by atoms with Gasteiger partial charge in [-0.15, -0.1) is 0 Å². The molecule has 0 radical (unpaired) electrons. The lowest BCUT2D eigenvalue weighted by atomic mass is 10.4. The maximum Gasteiger partial charge on any atom is 0.142 e. The molecule has 0 aromatic rings. The first kappa shape index (κ1) is 24.1. The monoisotopic (exact) mass is 232 g/mol. The van der Waals surface area contributed by atoms with Gasteiger partial charge in [0, 0.05) is 13.0 Å². The molecule has 4 nitrogen and oxygen atoms in total. The standard InChI is InChI=1S/C4H8O.C4H6O.C2H6O.C2H4O/c2*1-2-3-4-5;2*1-2-3/h4H,2-3H2,1H3;2-4H,1H3;3H,2H2,1H3;2H,1H3/b;3-2+;;. The lowest BCUT2D eigenvalue weighted by Gasteiger charge is -1.68. The van der Waals surface area contributed by atoms with Crippen LogP contribution in [-0.4, -0.2) is 30.6 Å². The van der Waals surface area contributed by atoms with Gasteiger partial charge in [0.05, 0.1) is 0 Å². The summed E-state index contributed by atoms with van der Waals surface area (Å²) >= 11 is 0. The van der Waals surface area contributed by atoms with Crippen LogP contribution in [0.5, 0.6) is 0 Å². The van der Waals surface area contributed by atoms with Crippen molar-refractivity contribution in [3.8, 4) is 0 Å². The van der Waals surface area contributed by atoms with E-state index in [2.05, 4.69) is 0 Å². The maximum absolute atomic E-state index is 9.40. The molecule has 0 rings (SSSR count). The Bertz CT molecular complexity index is 142. The summed E-state index contributed by atoms with van der Waals surface area (Å²) in [6.07, 6.45) is 7.25. The Balaban J connectivity index is -0.0000000621. The van der Waals surface area contributed by atoms with E-state index in [9.17, 15) is 9.59 Å². The van der Waals surface area contributed by atoms with Crippen molar-refractivity contribution in [3.05, 3.63) is 12.2 Å². The van der Waals surface area contributed by atoms with E-state index in [1.54, 1.807) is 19.9 Å². The van der Waals surface area contributed by atoms with E-state index in [-0.39, 0.29) is 6.61 Å². The van der Waals surface area contributed by atoms with Gasteiger partial charge in [0.2, 0.25) is 0 Å². The summed E-state index contributed by atoms with van der Waals surface area (Å²) in [4.78, 5) is 27.5. The number of unbranched alkanes of at least 4 members (excludes halogenated alkanes) is 1. The van der Waals surface area contributed by atoms with Crippen molar-refractivity contribution in [2.45, 2.75) is 40.5 Å². The summed E-state index contributed by atoms with van der Waals surface area (Å²) in [6.45, 7) is 7.16. The average molecular weight is 232 g/mol. The first-order chi connectivity index (χ1) is 7.66. The zero-order chi connectivity index (χ0) is 13.7. The Labute approximate surface area is 98.4 Å². The summed E-state index contributed by atoms with van der Waals surface area (Å²) in [6, 6.07) is 0. The van der Waals surface area contributed by atoms with Crippen molar-refractivity contribution in [1.82, 2.24) is 0 Å². The van der Waals surface area contributed by atoms with Crippen LogP contribution < -0.4 is 0 Å². The van der Waals surface area contributed by atoms with Crippen LogP contribution in [-0.2, 0) is 14.4 Å². The highest BCUT2D eigenvalue weighted by Gasteiger charge is 1.66. The molecule has 0 spiro atoms. The molecule has 0 saturated heterocycles. The number of carbonyl (C=O) groups is 3. The van der Waals surface area contributed by atoms with E-state index in [0.717, 1.165) is 25.3 Å². The minimum atomic E-state index is 0.250. The Kier molecular flexibility index (Phi) is 74.1. The van der Waals surface area contributed by atoms with Crippen molar-refractivity contribution >= 4 is 18.9 Å². The van der Waals surface area contributed by atoms with Crippen LogP contribution in [0.1, 0.15) is 40.5 Å². The largest absolute Gasteiger partial charge is 0.397 e. The predicted octanol–water partition coefficient (Wildman–Crippen LogP) is 1.95. The number of aliphatic hydroxyl groups excluding tert-OH is 1. The van der Waals surface area contributed by atoms with E-state index in [1.807, 2.05) is 6.92 Å². The summed E-state index contributed by atoms with van der Waals surface area (Å²) in [7, 11) is 0. The fourth-order valence-electron chi connectivity index (χ4n) is 0.196. The molecular weight excluding hydrogens is 208 g/mol. The summed E-state index contributed by atoms with van der Waals surface area (Å²) < 4.78 is 0. The van der Waals surface area contributed by atoms with Gasteiger partial charge in [-0.05, 0) is 33.3 Å². The molecule has 0 amide bonds. The van der Waals surface area contributed by atoms with Gasteiger partial charge in [0.25, 0.3) is 0 Å². The number of allylic oxidation sites excluding steroid dienone is 2. The number of aldehydes is 3. The number of hydrogen-bond donors (Lipinski definition) is 1. The van der Waals surface area contributed by atoms with Gasteiger partial charge in [-0.3, -0.25) is 4.79 Å². The second-order valence-corrected chi connectivity index (χ2v) is 2.17. The normalized spacial score (nSPS) is 7.06. The highest BCUT2D eigenvalue weighted by molar-refractivity contribution is 5.64. The average Bonchev–Trinajstić information content (AvgIpc) is 2.23. The molecular formula is C12H24O4. The third kappa shape index (κ3) is 237. The molecule has 0 saturated carbocycles. The van der Waals surface area contributed by atoms with Crippen LogP contribution in [0.15, 0.2) is 12.2 Å². The van der Waals surface area contributed by atoms with E-state index in [1.165, 1.54) is 13.0 Å². The van der Waals surface area contributed by atoms with Gasteiger partial charge in [-0.1, -0.05) is 13.0 Å². The van der Waals surface area contributed by atoms with E-state index in [4.69, 9.17) is 9.90 Å². The van der Waals surface area contributed by atoms with Crippen LogP contribution in [0.2, 0.25) is 0 Å². The Morgan fingerprint density at radius 2 is 1.44 bits per heavy atom. The predicted molar refractivity (Wildman–Crippen MR) is 66.3 cm³/mol. The molecule has 0 aromatic carbocycles. The van der Waals surface area contributed by atoms with E-state index >= 15 is 0 Å². The highest BCUT2D eigenvalue weighted by atomic mass is 16.2. The van der Waals surface area contributed by atoms with Crippen LogP contribution in [0.25, 0.3) is 0 Å². The lowest BCUT2D eigenvalue weighted by Crippen LogP contribution is -1.64. The van der Waals surface area contributed by atoms with Crippen molar-refractivity contribution in [2.24, 2.45) is 0 Å². The SMILES string of the molecule is C/C=C/C=O.CC=O.CCCC=O.CCO. The molecule has 0 bridgehead atoms. The molecule has 0 aliphatic carbocycles. The molecule has 4 heteroatoms. The lowest BCUT2D eigenvalue weighted by molar-refractivity contribution is -0.108. The molecule has 1 N–H and O–H groups in total. The second-order valence-electron chi connectivity index (χ2n) is 2.17. The molecule has 0 fully saturated rings. The minimum Gasteiger partial charge on any atom is -0.397 e. The fourth-order valence-corrected chi connectivity index (χ4v) is 0.196. The summed E-state index contributed by atoms with van der Waals surface area (Å²) in [5.41, 5.74) is 0. The van der Waals surface area contributed by atoms with Crippen LogP contribution in [0.3, 0.4) is 0 Å². The minimum absolute atomic E-state index is 0.250. The van der Waals surface area contributed by atoms with Crippen LogP contribution in [0.4, 0.5) is 0 Å². The van der Waals surface area contributed by atoms with E-state index < -0.39 is 0 Å². The molecule has 0 aliphatic rings. The van der Waals surface area contributed by atoms with Crippen molar-refractivity contribution in [2.75, 3.05) is 6.61 Å². The quantitative estimate of drug-likeness (QED) is 0.596. The molecule has 0 aliphatic heterocycles. The third-order valence-corrected chi connectivity index (χ3v) is 0.678. The zero-order valence-electron chi connectivity index (χ0n) is 10.7. The van der Waals surface area contributed by atoms with Crippen LogP contribution >= 0.6 is 0 Å². The smallest absolute Gasteiger partial charge is 0.142 e. The molecule has 0 heterocycles. The molecule has 16 heavy (non-hydrogen) atoms. The number of hydrogen-bond acceptors (Lipinski definition) is 4. The van der Waals surface area contributed by atoms with Gasteiger partial charge in [0.1, 0.15) is 18.9 Å². The zero-order valence-corrected chi connectivity index (χ0v) is 10.7. The second kappa shape index (κ2) is 49.2. The van der Waals surface area contributed by atoms with E-state index in [0.29, 0.717) is 6.42 Å². The Morgan fingerprint density at radius 1 is 1.06 bits per heavy atom. The first-order valence-electron chi connectivity index (χ1n) is 5.17. The fraction of sp³-hybridized carbons (Fsp3) is 0.583. The molecule has 0 unspecified atom stereocenters. The van der Waals surface area contributed by atoms with Crippen molar-refractivity contribution < 1.29 is 19.5 Å². The van der Waals surface area contributed by atoms with Gasteiger partial charge in [0.15, 0.2) is 0 Å². The summed E-state index contributed by atoms with van der Waals surface area (Å²) in [5.74, 6) is 0. The topological polar surface area (TPSA) is 71.4 Å². The Morgan fingerprint density at radius 3 is 1.44 bits per heavy atom. The molecule has 96 valence electrons. The van der Waals surface area contributed by atoms with Gasteiger partial charge in [-0.25, -0.2) is 0 Å². The first-order valence-corrected chi connectivity index (χ1v) is 5.17. The van der Waals surface area contributed by atoms with Gasteiger partial charge < -0.3 is 14.7 Å². The number of aliphatic hydroxyl groups is 1.